The second kappa shape index (κ2) is 8.28. The molecule has 1 aliphatic heterocycles. The summed E-state index contributed by atoms with van der Waals surface area (Å²) in [5.74, 6) is 0.991. The highest BCUT2D eigenvalue weighted by molar-refractivity contribution is 8.22. The molecule has 0 saturated heterocycles. The number of benzene rings is 2. The Morgan fingerprint density at radius 2 is 1.77 bits per heavy atom. The topological polar surface area (TPSA) is 21.3 Å². The zero-order valence-electron chi connectivity index (χ0n) is 12.6. The number of thiol groups is 1. The van der Waals surface area contributed by atoms with Gasteiger partial charge in [0.25, 0.3) is 0 Å². The molecule has 0 bridgehead atoms. The van der Waals surface area contributed by atoms with Crippen molar-refractivity contribution in [2.75, 3.05) is 13.6 Å². The van der Waals surface area contributed by atoms with E-state index in [1.165, 1.54) is 10.8 Å². The number of allylic oxidation sites excluding steroid dienone is 2. The SMILES string of the molecule is CNCC[C@@H](Oc1cccc2ccccc12)[SH]1C=CC=C1.Cl. The van der Waals surface area contributed by atoms with Crippen LogP contribution < -0.4 is 10.1 Å². The van der Waals surface area contributed by atoms with Crippen molar-refractivity contribution in [3.63, 3.8) is 0 Å². The van der Waals surface area contributed by atoms with Crippen molar-refractivity contribution >= 4 is 34.1 Å². The van der Waals surface area contributed by atoms with Crippen LogP contribution in [0.25, 0.3) is 10.8 Å². The van der Waals surface area contributed by atoms with E-state index in [-0.39, 0.29) is 28.7 Å². The molecule has 1 aliphatic rings. The first-order valence-electron chi connectivity index (χ1n) is 7.30. The number of hydrogen-bond acceptors (Lipinski definition) is 2. The van der Waals surface area contributed by atoms with E-state index in [1.54, 1.807) is 0 Å². The molecule has 1 heterocycles. The highest BCUT2D eigenvalue weighted by Gasteiger charge is 2.17. The number of rotatable bonds is 6. The third-order valence-corrected chi connectivity index (χ3v) is 5.68. The van der Waals surface area contributed by atoms with Crippen molar-refractivity contribution in [3.8, 4) is 5.75 Å². The van der Waals surface area contributed by atoms with E-state index >= 15 is 0 Å². The van der Waals surface area contributed by atoms with E-state index in [9.17, 15) is 0 Å². The number of hydrogen-bond donors (Lipinski definition) is 2. The second-order valence-corrected chi connectivity index (χ2v) is 7.14. The Labute approximate surface area is 141 Å². The van der Waals surface area contributed by atoms with Crippen molar-refractivity contribution in [2.24, 2.45) is 0 Å². The smallest absolute Gasteiger partial charge is 0.134 e. The minimum absolute atomic E-state index is 0. The third-order valence-electron chi connectivity index (χ3n) is 3.61. The Morgan fingerprint density at radius 1 is 1.05 bits per heavy atom. The normalized spacial score (nSPS) is 15.8. The van der Waals surface area contributed by atoms with Gasteiger partial charge in [0.1, 0.15) is 11.2 Å². The van der Waals surface area contributed by atoms with E-state index in [2.05, 4.69) is 70.7 Å². The van der Waals surface area contributed by atoms with E-state index in [0.29, 0.717) is 0 Å². The maximum Gasteiger partial charge on any atom is 0.134 e. The molecule has 0 spiro atoms. The summed E-state index contributed by atoms with van der Waals surface area (Å²) in [4.78, 5) is 0. The Hall–Kier alpha value is -1.42. The van der Waals surface area contributed by atoms with Gasteiger partial charge in [-0.1, -0.05) is 48.6 Å². The molecule has 4 heteroatoms. The molecule has 0 aromatic heterocycles. The number of halogens is 1. The summed E-state index contributed by atoms with van der Waals surface area (Å²) in [6, 6.07) is 14.7. The third kappa shape index (κ3) is 3.86. The predicted octanol–water partition coefficient (Wildman–Crippen LogP) is 4.62. The van der Waals surface area contributed by atoms with Crippen LogP contribution in [0.3, 0.4) is 0 Å². The van der Waals surface area contributed by atoms with Gasteiger partial charge in [-0.3, -0.25) is 0 Å². The van der Waals surface area contributed by atoms with E-state index in [4.69, 9.17) is 4.74 Å². The summed E-state index contributed by atoms with van der Waals surface area (Å²) >= 11 is 0. The average Bonchev–Trinajstić information content (AvgIpc) is 3.06. The van der Waals surface area contributed by atoms with Crippen molar-refractivity contribution in [3.05, 3.63) is 65.4 Å². The molecule has 1 atom stereocenters. The first-order chi connectivity index (χ1) is 10.4. The highest BCUT2D eigenvalue weighted by atomic mass is 35.5. The Balaban J connectivity index is 0.00000176. The second-order valence-electron chi connectivity index (χ2n) is 5.07. The Bertz CT molecular complexity index is 654. The van der Waals surface area contributed by atoms with Crippen LogP contribution >= 0.6 is 23.3 Å². The molecule has 0 aliphatic carbocycles. The standard InChI is InChI=1S/C18H21NOS.ClH/c1-19-12-11-18(21-13-4-5-14-21)20-17-10-6-8-15-7-2-3-9-16(15)17;/h2-10,13-14,18-19,21H,11-12H2,1H3;1H/t18-;/m0./s1. The van der Waals surface area contributed by atoms with Crippen LogP contribution in [0, 0.1) is 0 Å². The first kappa shape index (κ1) is 16.9. The molecule has 2 nitrogen and oxygen atoms in total. The molecule has 3 rings (SSSR count). The molecule has 118 valence electrons. The molecule has 0 radical (unpaired) electrons. The quantitative estimate of drug-likeness (QED) is 0.752. The number of nitrogens with one attached hydrogen (secondary N) is 1. The Morgan fingerprint density at radius 3 is 2.55 bits per heavy atom. The largest absolute Gasteiger partial charge is 0.480 e. The fraction of sp³-hybridized carbons (Fsp3) is 0.222. The van der Waals surface area contributed by atoms with Gasteiger partial charge in [0.15, 0.2) is 0 Å². The van der Waals surface area contributed by atoms with Crippen molar-refractivity contribution in [1.82, 2.24) is 5.32 Å². The average molecular weight is 336 g/mol. The molecular formula is C18H22ClNOS. The molecule has 2 aromatic carbocycles. The van der Waals surface area contributed by atoms with Crippen molar-refractivity contribution < 1.29 is 4.74 Å². The zero-order chi connectivity index (χ0) is 14.5. The lowest BCUT2D eigenvalue weighted by atomic mass is 10.1. The maximum atomic E-state index is 6.40. The van der Waals surface area contributed by atoms with E-state index < -0.39 is 0 Å². The Kier molecular flexibility index (Phi) is 6.37. The lowest BCUT2D eigenvalue weighted by Crippen LogP contribution is -2.21. The summed E-state index contributed by atoms with van der Waals surface area (Å²) in [6.07, 6.45) is 5.27. The molecule has 0 saturated carbocycles. The van der Waals surface area contributed by atoms with Gasteiger partial charge in [0.05, 0.1) is 0 Å². The van der Waals surface area contributed by atoms with Crippen molar-refractivity contribution in [1.29, 1.82) is 0 Å². The van der Waals surface area contributed by atoms with E-state index in [0.717, 1.165) is 18.7 Å². The molecule has 0 unspecified atom stereocenters. The van der Waals surface area contributed by atoms with Crippen LogP contribution in [0.2, 0.25) is 0 Å². The predicted molar refractivity (Wildman–Crippen MR) is 101 cm³/mol. The van der Waals surface area contributed by atoms with Crippen LogP contribution in [0.15, 0.2) is 65.4 Å². The van der Waals surface area contributed by atoms with Gasteiger partial charge in [-0.05, 0) is 35.9 Å². The molecule has 2 aromatic rings. The van der Waals surface area contributed by atoms with Gasteiger partial charge < -0.3 is 10.1 Å². The van der Waals surface area contributed by atoms with Crippen molar-refractivity contribution in [2.45, 2.75) is 11.9 Å². The molecule has 22 heavy (non-hydrogen) atoms. The molecule has 0 fully saturated rings. The molecular weight excluding hydrogens is 314 g/mol. The van der Waals surface area contributed by atoms with Gasteiger partial charge in [0.2, 0.25) is 0 Å². The summed E-state index contributed by atoms with van der Waals surface area (Å²) in [7, 11) is 1.67. The lowest BCUT2D eigenvalue weighted by molar-refractivity contribution is 0.279. The van der Waals surface area contributed by atoms with Crippen LogP contribution in [0.5, 0.6) is 5.75 Å². The highest BCUT2D eigenvalue weighted by Crippen LogP contribution is 2.41. The maximum absolute atomic E-state index is 6.40. The van der Waals surface area contributed by atoms with Gasteiger partial charge in [-0.25, -0.2) is 0 Å². The number of ether oxygens (including phenoxy) is 1. The van der Waals surface area contributed by atoms with Crippen LogP contribution in [0.1, 0.15) is 6.42 Å². The summed E-state index contributed by atoms with van der Waals surface area (Å²) in [6.45, 7) is 0.968. The van der Waals surface area contributed by atoms with Gasteiger partial charge in [-0.15, -0.1) is 12.4 Å². The monoisotopic (exact) mass is 335 g/mol. The minimum atomic E-state index is -0.323. The fourth-order valence-electron chi connectivity index (χ4n) is 2.52. The van der Waals surface area contributed by atoms with Gasteiger partial charge >= 0.3 is 0 Å². The van der Waals surface area contributed by atoms with Crippen LogP contribution in [-0.2, 0) is 0 Å². The minimum Gasteiger partial charge on any atom is -0.480 e. The molecule has 1 N–H and O–H groups in total. The van der Waals surface area contributed by atoms with Gasteiger partial charge in [0, 0.05) is 11.8 Å². The van der Waals surface area contributed by atoms with Crippen LogP contribution in [0.4, 0.5) is 0 Å². The summed E-state index contributed by atoms with van der Waals surface area (Å²) in [5.41, 5.74) is 0.230. The molecule has 0 amide bonds. The van der Waals surface area contributed by atoms with Crippen LogP contribution in [-0.4, -0.2) is 19.0 Å². The summed E-state index contributed by atoms with van der Waals surface area (Å²) < 4.78 is 6.40. The lowest BCUT2D eigenvalue weighted by Gasteiger charge is -2.26. The summed E-state index contributed by atoms with van der Waals surface area (Å²) in [5, 5.41) is 10.2. The first-order valence-corrected chi connectivity index (χ1v) is 8.85. The fourth-order valence-corrected chi connectivity index (χ4v) is 4.26. The zero-order valence-corrected chi connectivity index (χ0v) is 14.3. The van der Waals surface area contributed by atoms with Gasteiger partial charge in [-0.2, -0.15) is 10.9 Å². The van der Waals surface area contributed by atoms with E-state index in [1.807, 2.05) is 7.05 Å². The number of fused-ring (bicyclic) bond motifs is 1.